The molecule has 0 saturated heterocycles. The summed E-state index contributed by atoms with van der Waals surface area (Å²) in [5, 5.41) is 0. The first kappa shape index (κ1) is 13.4. The average molecular weight is 333 g/mol. The number of benzene rings is 1. The molecule has 0 fully saturated rings. The minimum atomic E-state index is 0.0638. The molecule has 0 atom stereocenters. The number of carbonyl (C=O) groups excluding carboxylic acids is 1. The number of rotatable bonds is 5. The number of halogens is 1. The SMILES string of the molecule is CC(=O)c1ccc(I)c(OCCN(C)C)c1. The van der Waals surface area contributed by atoms with Crippen LogP contribution in [0, 0.1) is 3.57 Å². The Morgan fingerprint density at radius 2 is 2.12 bits per heavy atom. The van der Waals surface area contributed by atoms with Gasteiger partial charge in [0.1, 0.15) is 12.4 Å². The summed E-state index contributed by atoms with van der Waals surface area (Å²) in [6.07, 6.45) is 0. The van der Waals surface area contributed by atoms with Crippen LogP contribution in [0.15, 0.2) is 18.2 Å². The van der Waals surface area contributed by atoms with Gasteiger partial charge < -0.3 is 9.64 Å². The van der Waals surface area contributed by atoms with E-state index in [0.717, 1.165) is 15.9 Å². The van der Waals surface area contributed by atoms with Gasteiger partial charge in [0, 0.05) is 12.1 Å². The van der Waals surface area contributed by atoms with Crippen molar-refractivity contribution in [3.05, 3.63) is 27.3 Å². The second-order valence-corrected chi connectivity index (χ2v) is 5.02. The molecular formula is C12H16INO2. The molecule has 0 radical (unpaired) electrons. The molecule has 0 N–H and O–H groups in total. The van der Waals surface area contributed by atoms with E-state index < -0.39 is 0 Å². The Hall–Kier alpha value is -0.620. The Labute approximate surface area is 110 Å². The van der Waals surface area contributed by atoms with Crippen molar-refractivity contribution >= 4 is 28.4 Å². The van der Waals surface area contributed by atoms with Crippen LogP contribution in [-0.4, -0.2) is 37.9 Å². The van der Waals surface area contributed by atoms with Crippen molar-refractivity contribution in [2.24, 2.45) is 0 Å². The zero-order chi connectivity index (χ0) is 12.1. The lowest BCUT2D eigenvalue weighted by atomic mass is 10.1. The maximum atomic E-state index is 11.2. The molecule has 1 rings (SSSR count). The van der Waals surface area contributed by atoms with Crippen LogP contribution in [-0.2, 0) is 0 Å². The third kappa shape index (κ3) is 4.09. The van der Waals surface area contributed by atoms with Crippen molar-refractivity contribution in [2.75, 3.05) is 27.2 Å². The lowest BCUT2D eigenvalue weighted by Gasteiger charge is -2.12. The van der Waals surface area contributed by atoms with Gasteiger partial charge in [0.15, 0.2) is 5.78 Å². The van der Waals surface area contributed by atoms with Gasteiger partial charge in [-0.3, -0.25) is 4.79 Å². The Kier molecular flexibility index (Phi) is 5.21. The van der Waals surface area contributed by atoms with E-state index in [9.17, 15) is 4.79 Å². The largest absolute Gasteiger partial charge is 0.491 e. The second kappa shape index (κ2) is 6.20. The van der Waals surface area contributed by atoms with Crippen LogP contribution in [0.5, 0.6) is 5.75 Å². The molecule has 1 aromatic rings. The Bertz CT molecular complexity index is 377. The molecule has 0 heterocycles. The van der Waals surface area contributed by atoms with Gasteiger partial charge >= 0.3 is 0 Å². The molecule has 0 saturated carbocycles. The third-order valence-electron chi connectivity index (χ3n) is 2.13. The van der Waals surface area contributed by atoms with Crippen molar-refractivity contribution in [1.82, 2.24) is 4.90 Å². The van der Waals surface area contributed by atoms with E-state index in [-0.39, 0.29) is 5.78 Å². The van der Waals surface area contributed by atoms with E-state index in [1.165, 1.54) is 0 Å². The summed E-state index contributed by atoms with van der Waals surface area (Å²) in [5.74, 6) is 0.851. The molecule has 0 aliphatic rings. The highest BCUT2D eigenvalue weighted by atomic mass is 127. The fraction of sp³-hybridized carbons (Fsp3) is 0.417. The molecule has 0 aliphatic heterocycles. The summed E-state index contributed by atoms with van der Waals surface area (Å²) in [5.41, 5.74) is 0.695. The van der Waals surface area contributed by atoms with Crippen LogP contribution < -0.4 is 4.74 Å². The number of ether oxygens (including phenoxy) is 1. The predicted molar refractivity (Wildman–Crippen MR) is 73.2 cm³/mol. The lowest BCUT2D eigenvalue weighted by Crippen LogP contribution is -2.19. The summed E-state index contributed by atoms with van der Waals surface area (Å²) in [6.45, 7) is 3.05. The molecule has 0 bridgehead atoms. The first-order valence-corrected chi connectivity index (χ1v) is 6.16. The molecule has 4 heteroatoms. The van der Waals surface area contributed by atoms with Crippen LogP contribution in [0.25, 0.3) is 0 Å². The Morgan fingerprint density at radius 1 is 1.44 bits per heavy atom. The Morgan fingerprint density at radius 3 is 2.69 bits per heavy atom. The molecule has 1 aromatic carbocycles. The molecule has 0 amide bonds. The van der Waals surface area contributed by atoms with Crippen molar-refractivity contribution in [2.45, 2.75) is 6.92 Å². The molecular weight excluding hydrogens is 317 g/mol. The lowest BCUT2D eigenvalue weighted by molar-refractivity contribution is 0.101. The highest BCUT2D eigenvalue weighted by Crippen LogP contribution is 2.22. The number of carbonyl (C=O) groups is 1. The monoisotopic (exact) mass is 333 g/mol. The van der Waals surface area contributed by atoms with E-state index in [2.05, 4.69) is 27.5 Å². The Balaban J connectivity index is 2.70. The fourth-order valence-corrected chi connectivity index (χ4v) is 1.66. The molecule has 3 nitrogen and oxygen atoms in total. The molecule has 0 aromatic heterocycles. The van der Waals surface area contributed by atoms with E-state index in [0.29, 0.717) is 12.2 Å². The van der Waals surface area contributed by atoms with Crippen LogP contribution >= 0.6 is 22.6 Å². The molecule has 0 aliphatic carbocycles. The highest BCUT2D eigenvalue weighted by Gasteiger charge is 2.05. The van der Waals surface area contributed by atoms with E-state index in [1.807, 2.05) is 26.2 Å². The summed E-state index contributed by atoms with van der Waals surface area (Å²) in [6, 6.07) is 5.53. The maximum Gasteiger partial charge on any atom is 0.159 e. The van der Waals surface area contributed by atoms with Crippen LogP contribution in [0.4, 0.5) is 0 Å². The molecule has 88 valence electrons. The number of Topliss-reactive ketones (excluding diaryl/α,β-unsaturated/α-hetero) is 1. The average Bonchev–Trinajstić information content (AvgIpc) is 2.20. The minimum absolute atomic E-state index is 0.0638. The summed E-state index contributed by atoms with van der Waals surface area (Å²) < 4.78 is 6.67. The predicted octanol–water partition coefficient (Wildman–Crippen LogP) is 2.43. The first-order valence-electron chi connectivity index (χ1n) is 5.08. The number of likely N-dealkylation sites (N-methyl/N-ethyl adjacent to an activating group) is 1. The fourth-order valence-electron chi connectivity index (χ4n) is 1.17. The van der Waals surface area contributed by atoms with Gasteiger partial charge in [-0.2, -0.15) is 0 Å². The maximum absolute atomic E-state index is 11.2. The van der Waals surface area contributed by atoms with Crippen LogP contribution in [0.3, 0.4) is 0 Å². The van der Waals surface area contributed by atoms with Gasteiger partial charge in [0.2, 0.25) is 0 Å². The van der Waals surface area contributed by atoms with Gasteiger partial charge in [0.25, 0.3) is 0 Å². The topological polar surface area (TPSA) is 29.5 Å². The summed E-state index contributed by atoms with van der Waals surface area (Å²) >= 11 is 2.21. The van der Waals surface area contributed by atoms with E-state index in [1.54, 1.807) is 13.0 Å². The minimum Gasteiger partial charge on any atom is -0.491 e. The van der Waals surface area contributed by atoms with Gasteiger partial charge in [-0.1, -0.05) is 6.07 Å². The number of ketones is 1. The second-order valence-electron chi connectivity index (χ2n) is 3.85. The van der Waals surface area contributed by atoms with E-state index in [4.69, 9.17) is 4.74 Å². The van der Waals surface area contributed by atoms with Crippen molar-refractivity contribution in [1.29, 1.82) is 0 Å². The first-order chi connectivity index (χ1) is 7.50. The molecule has 0 unspecified atom stereocenters. The van der Waals surface area contributed by atoms with Gasteiger partial charge in [-0.15, -0.1) is 0 Å². The number of hydrogen-bond acceptors (Lipinski definition) is 3. The standard InChI is InChI=1S/C12H16INO2/c1-9(15)10-4-5-11(13)12(8-10)16-7-6-14(2)3/h4-5,8H,6-7H2,1-3H3. The smallest absolute Gasteiger partial charge is 0.159 e. The van der Waals surface area contributed by atoms with Crippen LogP contribution in [0.2, 0.25) is 0 Å². The number of hydrogen-bond donors (Lipinski definition) is 0. The van der Waals surface area contributed by atoms with Gasteiger partial charge in [-0.25, -0.2) is 0 Å². The molecule has 0 spiro atoms. The van der Waals surface area contributed by atoms with E-state index >= 15 is 0 Å². The zero-order valence-corrected chi connectivity index (χ0v) is 11.9. The highest BCUT2D eigenvalue weighted by molar-refractivity contribution is 14.1. The molecule has 16 heavy (non-hydrogen) atoms. The summed E-state index contributed by atoms with van der Waals surface area (Å²) in [4.78, 5) is 13.3. The van der Waals surface area contributed by atoms with Gasteiger partial charge in [-0.05, 0) is 55.7 Å². The van der Waals surface area contributed by atoms with Crippen LogP contribution in [0.1, 0.15) is 17.3 Å². The van der Waals surface area contributed by atoms with Crippen molar-refractivity contribution in [3.63, 3.8) is 0 Å². The van der Waals surface area contributed by atoms with Gasteiger partial charge in [0.05, 0.1) is 3.57 Å². The normalized spacial score (nSPS) is 10.6. The van der Waals surface area contributed by atoms with Crippen molar-refractivity contribution in [3.8, 4) is 5.75 Å². The third-order valence-corrected chi connectivity index (χ3v) is 3.02. The zero-order valence-electron chi connectivity index (χ0n) is 9.79. The number of nitrogens with zero attached hydrogens (tertiary/aromatic N) is 1. The quantitative estimate of drug-likeness (QED) is 0.612. The summed E-state index contributed by atoms with van der Waals surface area (Å²) in [7, 11) is 4.00. The van der Waals surface area contributed by atoms with Crippen molar-refractivity contribution < 1.29 is 9.53 Å².